The van der Waals surface area contributed by atoms with Gasteiger partial charge in [-0.05, 0) is 37.5 Å². The molecule has 5 nitrogen and oxygen atoms in total. The van der Waals surface area contributed by atoms with Crippen LogP contribution in [0.3, 0.4) is 0 Å². The van der Waals surface area contributed by atoms with E-state index in [4.69, 9.17) is 4.74 Å². The zero-order valence-electron chi connectivity index (χ0n) is 13.1. The Morgan fingerprint density at radius 1 is 1.48 bits per heavy atom. The van der Waals surface area contributed by atoms with E-state index in [1.807, 2.05) is 6.92 Å². The molecule has 0 unspecified atom stereocenters. The van der Waals surface area contributed by atoms with Crippen molar-refractivity contribution in [2.45, 2.75) is 25.7 Å². The van der Waals surface area contributed by atoms with Gasteiger partial charge >= 0.3 is 0 Å². The predicted octanol–water partition coefficient (Wildman–Crippen LogP) is 2.64. The van der Waals surface area contributed by atoms with Gasteiger partial charge < -0.3 is 9.64 Å². The highest BCUT2D eigenvalue weighted by atomic mass is 19.1. The molecule has 1 N–H and O–H groups in total. The number of aromatic nitrogens is 2. The van der Waals surface area contributed by atoms with Gasteiger partial charge in [0, 0.05) is 24.7 Å². The van der Waals surface area contributed by atoms with E-state index in [9.17, 15) is 9.18 Å². The lowest BCUT2D eigenvalue weighted by Crippen LogP contribution is -2.41. The Bertz CT molecular complexity index is 686. The van der Waals surface area contributed by atoms with Crippen LogP contribution in [0, 0.1) is 12.7 Å². The molecule has 1 saturated heterocycles. The molecule has 0 saturated carbocycles. The van der Waals surface area contributed by atoms with Crippen LogP contribution in [0.2, 0.25) is 0 Å². The van der Waals surface area contributed by atoms with Gasteiger partial charge in [-0.1, -0.05) is 12.1 Å². The topological polar surface area (TPSA) is 58.2 Å². The summed E-state index contributed by atoms with van der Waals surface area (Å²) in [6.07, 6.45) is 3.77. The van der Waals surface area contributed by atoms with Crippen molar-refractivity contribution < 1.29 is 13.9 Å². The molecule has 1 amide bonds. The third-order valence-electron chi connectivity index (χ3n) is 4.24. The van der Waals surface area contributed by atoms with Gasteiger partial charge in [-0.2, -0.15) is 5.10 Å². The average Bonchev–Trinajstić information content (AvgIpc) is 3.00. The third kappa shape index (κ3) is 3.52. The summed E-state index contributed by atoms with van der Waals surface area (Å²) >= 11 is 0. The van der Waals surface area contributed by atoms with E-state index in [2.05, 4.69) is 10.2 Å². The summed E-state index contributed by atoms with van der Waals surface area (Å²) in [5.74, 6) is -0.192. The number of nitrogens with zero attached hydrogens (tertiary/aromatic N) is 2. The minimum Gasteiger partial charge on any atom is -0.481 e. The first kappa shape index (κ1) is 15.5. The lowest BCUT2D eigenvalue weighted by atomic mass is 9.93. The zero-order chi connectivity index (χ0) is 16.2. The maximum absolute atomic E-state index is 13.5. The lowest BCUT2D eigenvalue weighted by Gasteiger charge is -2.32. The van der Waals surface area contributed by atoms with Crippen LogP contribution in [0.4, 0.5) is 4.39 Å². The summed E-state index contributed by atoms with van der Waals surface area (Å²) in [4.78, 5) is 14.1. The summed E-state index contributed by atoms with van der Waals surface area (Å²) in [6, 6.07) is 6.11. The second-order valence-electron chi connectivity index (χ2n) is 5.86. The molecule has 6 heteroatoms. The Morgan fingerprint density at radius 3 is 3.04 bits per heavy atom. The van der Waals surface area contributed by atoms with Crippen molar-refractivity contribution in [3.05, 3.63) is 47.5 Å². The number of H-pyrrole nitrogens is 1. The molecule has 2 aromatic rings. The average molecular weight is 317 g/mol. The van der Waals surface area contributed by atoms with Crippen LogP contribution in [0.5, 0.6) is 5.75 Å². The Hall–Kier alpha value is -2.37. The number of aryl methyl sites for hydroxylation is 1. The summed E-state index contributed by atoms with van der Waals surface area (Å²) in [7, 11) is 0. The molecule has 1 fully saturated rings. The van der Waals surface area contributed by atoms with E-state index in [1.54, 1.807) is 23.2 Å². The zero-order valence-corrected chi connectivity index (χ0v) is 13.1. The van der Waals surface area contributed by atoms with Gasteiger partial charge in [-0.25, -0.2) is 4.39 Å². The SMILES string of the molecule is Cc1cn[nH]c1[C@H]1CCCN(C(=O)COc2ccccc2F)C1. The number of carbonyl (C=O) groups excluding carboxylic acids is 1. The number of ether oxygens (including phenoxy) is 1. The number of likely N-dealkylation sites (tertiary alicyclic amines) is 1. The van der Waals surface area contributed by atoms with Gasteiger partial charge in [0.05, 0.1) is 6.20 Å². The van der Waals surface area contributed by atoms with Crippen molar-refractivity contribution in [2.75, 3.05) is 19.7 Å². The number of hydrogen-bond acceptors (Lipinski definition) is 3. The Morgan fingerprint density at radius 2 is 2.30 bits per heavy atom. The smallest absolute Gasteiger partial charge is 0.260 e. The van der Waals surface area contributed by atoms with E-state index in [-0.39, 0.29) is 24.2 Å². The van der Waals surface area contributed by atoms with Gasteiger partial charge in [0.2, 0.25) is 0 Å². The first-order valence-corrected chi connectivity index (χ1v) is 7.80. The van der Waals surface area contributed by atoms with Gasteiger partial charge in [0.15, 0.2) is 18.2 Å². The van der Waals surface area contributed by atoms with E-state index < -0.39 is 5.82 Å². The number of carbonyl (C=O) groups is 1. The second-order valence-corrected chi connectivity index (χ2v) is 5.86. The first-order valence-electron chi connectivity index (χ1n) is 7.80. The molecule has 1 atom stereocenters. The molecular formula is C17H20FN3O2. The van der Waals surface area contributed by atoms with Gasteiger partial charge in [-0.15, -0.1) is 0 Å². The molecule has 1 aliphatic rings. The van der Waals surface area contributed by atoms with Crippen molar-refractivity contribution in [2.24, 2.45) is 0 Å². The highest BCUT2D eigenvalue weighted by Gasteiger charge is 2.26. The maximum Gasteiger partial charge on any atom is 0.260 e. The Labute approximate surface area is 134 Å². The number of rotatable bonds is 4. The molecule has 1 aromatic carbocycles. The van der Waals surface area contributed by atoms with Gasteiger partial charge in [0.25, 0.3) is 5.91 Å². The van der Waals surface area contributed by atoms with Crippen molar-refractivity contribution in [1.29, 1.82) is 0 Å². The van der Waals surface area contributed by atoms with Crippen LogP contribution in [0.25, 0.3) is 0 Å². The molecule has 0 bridgehead atoms. The van der Waals surface area contributed by atoms with E-state index in [0.717, 1.165) is 24.1 Å². The normalized spacial score (nSPS) is 18.0. The summed E-state index contributed by atoms with van der Waals surface area (Å²) < 4.78 is 18.8. The number of aromatic amines is 1. The fourth-order valence-corrected chi connectivity index (χ4v) is 3.00. The fraction of sp³-hybridized carbons (Fsp3) is 0.412. The molecule has 0 spiro atoms. The number of amides is 1. The van der Waals surface area contributed by atoms with Crippen molar-refractivity contribution in [3.63, 3.8) is 0 Å². The maximum atomic E-state index is 13.5. The molecule has 1 aromatic heterocycles. The van der Waals surface area contributed by atoms with E-state index >= 15 is 0 Å². The largest absolute Gasteiger partial charge is 0.481 e. The Kier molecular flexibility index (Phi) is 4.60. The van der Waals surface area contributed by atoms with Crippen LogP contribution in [0.15, 0.2) is 30.5 Å². The van der Waals surface area contributed by atoms with Crippen molar-refractivity contribution in [3.8, 4) is 5.75 Å². The number of hydrogen-bond donors (Lipinski definition) is 1. The van der Waals surface area contributed by atoms with Crippen LogP contribution < -0.4 is 4.74 Å². The molecule has 2 heterocycles. The van der Waals surface area contributed by atoms with Crippen LogP contribution in [0.1, 0.15) is 30.0 Å². The second kappa shape index (κ2) is 6.81. The summed E-state index contributed by atoms with van der Waals surface area (Å²) in [5.41, 5.74) is 2.21. The minimum atomic E-state index is -0.454. The van der Waals surface area contributed by atoms with E-state index in [1.165, 1.54) is 12.1 Å². The monoisotopic (exact) mass is 317 g/mol. The van der Waals surface area contributed by atoms with Crippen LogP contribution in [-0.4, -0.2) is 40.7 Å². The minimum absolute atomic E-state index is 0.110. The van der Waals surface area contributed by atoms with Crippen molar-refractivity contribution in [1.82, 2.24) is 15.1 Å². The Balaban J connectivity index is 1.59. The number of para-hydroxylation sites is 1. The molecule has 23 heavy (non-hydrogen) atoms. The van der Waals surface area contributed by atoms with Gasteiger partial charge in [0.1, 0.15) is 0 Å². The quantitative estimate of drug-likeness (QED) is 0.943. The number of benzene rings is 1. The highest BCUT2D eigenvalue weighted by Crippen LogP contribution is 2.27. The lowest BCUT2D eigenvalue weighted by molar-refractivity contribution is -0.134. The standard InChI is InChI=1S/C17H20FN3O2/c1-12-9-19-20-17(12)13-5-4-8-21(10-13)16(22)11-23-15-7-3-2-6-14(15)18/h2-3,6-7,9,13H,4-5,8,10-11H2,1H3,(H,19,20)/t13-/m0/s1. The molecule has 0 aliphatic carbocycles. The number of piperidine rings is 1. The van der Waals surface area contributed by atoms with Gasteiger partial charge in [-0.3, -0.25) is 9.89 Å². The summed E-state index contributed by atoms with van der Waals surface area (Å²) in [5, 5.41) is 7.09. The molecular weight excluding hydrogens is 297 g/mol. The number of halogens is 1. The molecule has 122 valence electrons. The van der Waals surface area contributed by atoms with Crippen LogP contribution in [-0.2, 0) is 4.79 Å². The fourth-order valence-electron chi connectivity index (χ4n) is 3.00. The van der Waals surface area contributed by atoms with Crippen molar-refractivity contribution >= 4 is 5.91 Å². The molecule has 3 rings (SSSR count). The first-order chi connectivity index (χ1) is 11.1. The molecule has 0 radical (unpaired) electrons. The molecule has 1 aliphatic heterocycles. The predicted molar refractivity (Wildman–Crippen MR) is 83.8 cm³/mol. The highest BCUT2D eigenvalue weighted by molar-refractivity contribution is 5.78. The summed E-state index contributed by atoms with van der Waals surface area (Å²) in [6.45, 7) is 3.22. The third-order valence-corrected chi connectivity index (χ3v) is 4.24. The van der Waals surface area contributed by atoms with Crippen LogP contribution >= 0.6 is 0 Å². The van der Waals surface area contributed by atoms with E-state index in [0.29, 0.717) is 13.1 Å². The number of nitrogens with one attached hydrogen (secondary N) is 1.